The Labute approximate surface area is 92.8 Å². The van der Waals surface area contributed by atoms with Crippen LogP contribution < -0.4 is 0 Å². The highest BCUT2D eigenvalue weighted by molar-refractivity contribution is 5.93. The highest BCUT2D eigenvalue weighted by Gasteiger charge is 2.21. The van der Waals surface area contributed by atoms with E-state index in [1.54, 1.807) is 0 Å². The van der Waals surface area contributed by atoms with E-state index in [2.05, 4.69) is 5.16 Å². The van der Waals surface area contributed by atoms with Gasteiger partial charge in [-0.05, 0) is 5.92 Å². The minimum Gasteiger partial charge on any atom is -0.480 e. The maximum Gasteiger partial charge on any atom is 0.323 e. The number of nitrogens with zero attached hydrogens (tertiary/aromatic N) is 2. The molecule has 1 amide bonds. The SMILES string of the molecule is CC(C)CN(CC(=O)O)C(=O)c1ccno1. The summed E-state index contributed by atoms with van der Waals surface area (Å²) in [5, 5.41) is 12.1. The van der Waals surface area contributed by atoms with Crippen molar-refractivity contribution in [3.63, 3.8) is 0 Å². The van der Waals surface area contributed by atoms with Gasteiger partial charge in [-0.2, -0.15) is 0 Å². The molecular weight excluding hydrogens is 212 g/mol. The molecule has 1 rings (SSSR count). The lowest BCUT2D eigenvalue weighted by molar-refractivity contribution is -0.137. The number of carbonyl (C=O) groups excluding carboxylic acids is 1. The predicted octanol–water partition coefficient (Wildman–Crippen LogP) is 0.857. The Morgan fingerprint density at radius 1 is 1.56 bits per heavy atom. The van der Waals surface area contributed by atoms with Crippen LogP contribution in [0.2, 0.25) is 0 Å². The molecule has 0 atom stereocenters. The highest BCUT2D eigenvalue weighted by Crippen LogP contribution is 2.06. The molecule has 0 saturated heterocycles. The van der Waals surface area contributed by atoms with Crippen molar-refractivity contribution in [1.82, 2.24) is 10.1 Å². The summed E-state index contributed by atoms with van der Waals surface area (Å²) >= 11 is 0. The zero-order chi connectivity index (χ0) is 12.1. The van der Waals surface area contributed by atoms with Crippen LogP contribution in [0.4, 0.5) is 0 Å². The predicted molar refractivity (Wildman–Crippen MR) is 54.9 cm³/mol. The minimum atomic E-state index is -1.05. The van der Waals surface area contributed by atoms with Crippen molar-refractivity contribution in [2.75, 3.05) is 13.1 Å². The molecule has 1 aromatic rings. The molecule has 0 fully saturated rings. The number of hydrogen-bond acceptors (Lipinski definition) is 4. The number of aromatic nitrogens is 1. The van der Waals surface area contributed by atoms with E-state index in [9.17, 15) is 9.59 Å². The Kier molecular flexibility index (Phi) is 4.04. The van der Waals surface area contributed by atoms with Gasteiger partial charge in [-0.25, -0.2) is 0 Å². The van der Waals surface area contributed by atoms with Crippen molar-refractivity contribution in [2.45, 2.75) is 13.8 Å². The van der Waals surface area contributed by atoms with Crippen LogP contribution in [0.25, 0.3) is 0 Å². The first-order chi connectivity index (χ1) is 7.50. The lowest BCUT2D eigenvalue weighted by Gasteiger charge is -2.21. The van der Waals surface area contributed by atoms with Crippen LogP contribution in [-0.2, 0) is 4.79 Å². The van der Waals surface area contributed by atoms with E-state index in [0.29, 0.717) is 6.54 Å². The van der Waals surface area contributed by atoms with E-state index in [1.807, 2.05) is 13.8 Å². The number of amides is 1. The average Bonchev–Trinajstić information content (AvgIpc) is 2.66. The van der Waals surface area contributed by atoms with Crippen LogP contribution in [0.1, 0.15) is 24.4 Å². The topological polar surface area (TPSA) is 83.6 Å². The van der Waals surface area contributed by atoms with E-state index in [-0.39, 0.29) is 18.2 Å². The average molecular weight is 226 g/mol. The van der Waals surface area contributed by atoms with Gasteiger partial charge in [0.25, 0.3) is 5.91 Å². The molecule has 88 valence electrons. The Hall–Kier alpha value is -1.85. The first-order valence-electron chi connectivity index (χ1n) is 4.92. The van der Waals surface area contributed by atoms with Gasteiger partial charge in [0.15, 0.2) is 0 Å². The van der Waals surface area contributed by atoms with Crippen LogP contribution in [0.3, 0.4) is 0 Å². The zero-order valence-corrected chi connectivity index (χ0v) is 9.21. The molecular formula is C10H14N2O4. The molecule has 6 nitrogen and oxygen atoms in total. The van der Waals surface area contributed by atoms with Crippen molar-refractivity contribution in [1.29, 1.82) is 0 Å². The quantitative estimate of drug-likeness (QED) is 0.804. The lowest BCUT2D eigenvalue weighted by atomic mass is 10.2. The number of carboxylic acids is 1. The molecule has 16 heavy (non-hydrogen) atoms. The van der Waals surface area contributed by atoms with Gasteiger partial charge in [-0.15, -0.1) is 0 Å². The van der Waals surface area contributed by atoms with Crippen molar-refractivity contribution in [3.05, 3.63) is 18.0 Å². The summed E-state index contributed by atoms with van der Waals surface area (Å²) in [4.78, 5) is 23.7. The second kappa shape index (κ2) is 5.29. The summed E-state index contributed by atoms with van der Waals surface area (Å²) in [7, 11) is 0. The summed E-state index contributed by atoms with van der Waals surface area (Å²) in [5.74, 6) is -1.25. The molecule has 0 bridgehead atoms. The van der Waals surface area contributed by atoms with Crippen LogP contribution in [0, 0.1) is 5.92 Å². The fourth-order valence-corrected chi connectivity index (χ4v) is 1.31. The number of carbonyl (C=O) groups is 2. The molecule has 1 N–H and O–H groups in total. The second-order valence-electron chi connectivity index (χ2n) is 3.85. The molecule has 0 aliphatic rings. The molecule has 1 heterocycles. The summed E-state index contributed by atoms with van der Waals surface area (Å²) in [5.41, 5.74) is 0. The first-order valence-corrected chi connectivity index (χ1v) is 4.92. The monoisotopic (exact) mass is 226 g/mol. The third kappa shape index (κ3) is 3.38. The van der Waals surface area contributed by atoms with Gasteiger partial charge in [0.05, 0.1) is 6.20 Å². The van der Waals surface area contributed by atoms with E-state index in [1.165, 1.54) is 17.2 Å². The van der Waals surface area contributed by atoms with Gasteiger partial charge in [0.1, 0.15) is 6.54 Å². The summed E-state index contributed by atoms with van der Waals surface area (Å²) in [6.45, 7) is 3.84. The fourth-order valence-electron chi connectivity index (χ4n) is 1.31. The van der Waals surface area contributed by atoms with Crippen LogP contribution in [0.15, 0.2) is 16.8 Å². The normalized spacial score (nSPS) is 10.4. The standard InChI is InChI=1S/C10H14N2O4/c1-7(2)5-12(6-9(13)14)10(15)8-3-4-11-16-8/h3-4,7H,5-6H2,1-2H3,(H,13,14). The second-order valence-corrected chi connectivity index (χ2v) is 3.85. The molecule has 0 radical (unpaired) electrons. The van der Waals surface area contributed by atoms with Gasteiger partial charge in [0, 0.05) is 12.6 Å². The van der Waals surface area contributed by atoms with Gasteiger partial charge in [-0.1, -0.05) is 19.0 Å². The molecule has 0 unspecified atom stereocenters. The van der Waals surface area contributed by atoms with E-state index in [4.69, 9.17) is 9.63 Å². The number of hydrogen-bond donors (Lipinski definition) is 1. The maximum atomic E-state index is 11.8. The van der Waals surface area contributed by atoms with Crippen LogP contribution in [0.5, 0.6) is 0 Å². The van der Waals surface area contributed by atoms with Crippen LogP contribution in [-0.4, -0.2) is 40.1 Å². The number of carboxylic acid groups (broad SMARTS) is 1. The Morgan fingerprint density at radius 2 is 2.25 bits per heavy atom. The smallest absolute Gasteiger partial charge is 0.323 e. The first kappa shape index (κ1) is 12.2. The van der Waals surface area contributed by atoms with Crippen molar-refractivity contribution in [3.8, 4) is 0 Å². The van der Waals surface area contributed by atoms with Crippen molar-refractivity contribution < 1.29 is 19.2 Å². The number of aliphatic carboxylic acids is 1. The maximum absolute atomic E-state index is 11.8. The van der Waals surface area contributed by atoms with Gasteiger partial charge >= 0.3 is 5.97 Å². The molecule has 0 aromatic carbocycles. The number of rotatable bonds is 5. The van der Waals surface area contributed by atoms with E-state index < -0.39 is 11.9 Å². The summed E-state index contributed by atoms with van der Waals surface area (Å²) in [6, 6.07) is 1.41. The van der Waals surface area contributed by atoms with Crippen LogP contribution >= 0.6 is 0 Å². The van der Waals surface area contributed by atoms with Crippen molar-refractivity contribution in [2.24, 2.45) is 5.92 Å². The molecule has 6 heteroatoms. The molecule has 0 saturated carbocycles. The Balaban J connectivity index is 2.75. The van der Waals surface area contributed by atoms with Crippen molar-refractivity contribution >= 4 is 11.9 Å². The highest BCUT2D eigenvalue weighted by atomic mass is 16.5. The van der Waals surface area contributed by atoms with E-state index in [0.717, 1.165) is 0 Å². The third-order valence-electron chi connectivity index (χ3n) is 1.85. The van der Waals surface area contributed by atoms with Gasteiger partial charge in [-0.3, -0.25) is 9.59 Å². The Bertz CT molecular complexity index is 359. The lowest BCUT2D eigenvalue weighted by Crippen LogP contribution is -2.38. The fraction of sp³-hybridized carbons (Fsp3) is 0.500. The third-order valence-corrected chi connectivity index (χ3v) is 1.85. The van der Waals surface area contributed by atoms with Gasteiger partial charge < -0.3 is 14.5 Å². The summed E-state index contributed by atoms with van der Waals surface area (Å²) in [6.07, 6.45) is 1.35. The Morgan fingerprint density at radius 3 is 2.69 bits per heavy atom. The molecule has 0 spiro atoms. The zero-order valence-electron chi connectivity index (χ0n) is 9.21. The minimum absolute atomic E-state index is 0.0573. The van der Waals surface area contributed by atoms with E-state index >= 15 is 0 Å². The largest absolute Gasteiger partial charge is 0.480 e. The summed E-state index contributed by atoms with van der Waals surface area (Å²) < 4.78 is 4.71. The van der Waals surface area contributed by atoms with Gasteiger partial charge in [0.2, 0.25) is 5.76 Å². The molecule has 0 aliphatic carbocycles. The molecule has 1 aromatic heterocycles. The molecule has 0 aliphatic heterocycles.